The first-order valence-corrected chi connectivity index (χ1v) is 8.89. The molecule has 0 aliphatic carbocycles. The van der Waals surface area contributed by atoms with Crippen molar-refractivity contribution in [3.63, 3.8) is 0 Å². The van der Waals surface area contributed by atoms with Gasteiger partial charge in [-0.15, -0.1) is 0 Å². The molecule has 1 heterocycles. The summed E-state index contributed by atoms with van der Waals surface area (Å²) in [6, 6.07) is 7.84. The Kier molecular flexibility index (Phi) is 6.79. The van der Waals surface area contributed by atoms with Gasteiger partial charge < -0.3 is 15.3 Å². The van der Waals surface area contributed by atoms with Crippen molar-refractivity contribution < 1.29 is 14.7 Å². The summed E-state index contributed by atoms with van der Waals surface area (Å²) >= 11 is 0. The monoisotopic (exact) mass is 332 g/mol. The lowest BCUT2D eigenvalue weighted by Gasteiger charge is -2.29. The largest absolute Gasteiger partial charge is 0.391 e. The van der Waals surface area contributed by atoms with Gasteiger partial charge in [-0.05, 0) is 24.0 Å². The van der Waals surface area contributed by atoms with Gasteiger partial charge in [-0.2, -0.15) is 0 Å². The Balaban J connectivity index is 1.85. The number of carbonyl (C=O) groups is 2. The number of para-hydroxylation sites is 1. The molecular weight excluding hydrogens is 304 g/mol. The Morgan fingerprint density at radius 2 is 1.96 bits per heavy atom. The second-order valence-corrected chi connectivity index (χ2v) is 6.37. The SMILES string of the molecule is CCC(CC)C(O)CNC(=O)CCN1C(=O)CCc2ccccc21. The molecule has 1 atom stereocenters. The van der Waals surface area contributed by atoms with E-state index in [1.165, 1.54) is 0 Å². The molecule has 2 N–H and O–H groups in total. The molecule has 132 valence electrons. The molecule has 0 fully saturated rings. The first-order valence-electron chi connectivity index (χ1n) is 8.89. The van der Waals surface area contributed by atoms with Gasteiger partial charge in [-0.3, -0.25) is 9.59 Å². The van der Waals surface area contributed by atoms with E-state index < -0.39 is 6.10 Å². The minimum Gasteiger partial charge on any atom is -0.391 e. The van der Waals surface area contributed by atoms with E-state index in [2.05, 4.69) is 5.32 Å². The van der Waals surface area contributed by atoms with Gasteiger partial charge in [0.15, 0.2) is 0 Å². The number of aryl methyl sites for hydroxylation is 1. The van der Waals surface area contributed by atoms with Crippen LogP contribution < -0.4 is 10.2 Å². The Morgan fingerprint density at radius 1 is 1.25 bits per heavy atom. The van der Waals surface area contributed by atoms with E-state index in [1.807, 2.05) is 38.1 Å². The molecule has 0 bridgehead atoms. The van der Waals surface area contributed by atoms with Crippen LogP contribution in [-0.2, 0) is 16.0 Å². The van der Waals surface area contributed by atoms with Crippen molar-refractivity contribution in [1.29, 1.82) is 0 Å². The van der Waals surface area contributed by atoms with Gasteiger partial charge in [0.2, 0.25) is 11.8 Å². The third-order valence-corrected chi connectivity index (χ3v) is 4.86. The van der Waals surface area contributed by atoms with E-state index in [-0.39, 0.29) is 30.7 Å². The fourth-order valence-electron chi connectivity index (χ4n) is 3.26. The zero-order chi connectivity index (χ0) is 17.5. The molecular formula is C19H28N2O3. The quantitative estimate of drug-likeness (QED) is 0.767. The molecule has 0 aromatic heterocycles. The number of amides is 2. The maximum absolute atomic E-state index is 12.2. The summed E-state index contributed by atoms with van der Waals surface area (Å²) in [4.78, 5) is 25.9. The normalized spacial score (nSPS) is 15.3. The molecule has 1 aliphatic heterocycles. The van der Waals surface area contributed by atoms with Crippen LogP contribution in [0.3, 0.4) is 0 Å². The van der Waals surface area contributed by atoms with Gasteiger partial charge in [-0.25, -0.2) is 0 Å². The van der Waals surface area contributed by atoms with Crippen molar-refractivity contribution in [2.24, 2.45) is 5.92 Å². The molecule has 0 spiro atoms. The number of benzene rings is 1. The highest BCUT2D eigenvalue weighted by atomic mass is 16.3. The molecule has 0 saturated heterocycles. The highest BCUT2D eigenvalue weighted by Gasteiger charge is 2.24. The predicted octanol–water partition coefficient (Wildman–Crippen LogP) is 2.27. The number of carbonyl (C=O) groups excluding carboxylic acids is 2. The van der Waals surface area contributed by atoms with E-state index in [4.69, 9.17) is 0 Å². The Hall–Kier alpha value is -1.88. The van der Waals surface area contributed by atoms with Crippen LogP contribution in [0.4, 0.5) is 5.69 Å². The van der Waals surface area contributed by atoms with Crippen molar-refractivity contribution in [3.8, 4) is 0 Å². The summed E-state index contributed by atoms with van der Waals surface area (Å²) < 4.78 is 0. The highest BCUT2D eigenvalue weighted by molar-refractivity contribution is 5.96. The van der Waals surface area contributed by atoms with Gasteiger partial charge in [0, 0.05) is 31.6 Å². The van der Waals surface area contributed by atoms with Crippen LogP contribution >= 0.6 is 0 Å². The third kappa shape index (κ3) is 4.57. The number of hydrogen-bond acceptors (Lipinski definition) is 3. The summed E-state index contributed by atoms with van der Waals surface area (Å²) in [6.45, 7) is 4.73. The molecule has 2 amide bonds. The van der Waals surface area contributed by atoms with E-state index >= 15 is 0 Å². The molecule has 1 aromatic carbocycles. The highest BCUT2D eigenvalue weighted by Crippen LogP contribution is 2.27. The van der Waals surface area contributed by atoms with E-state index in [0.717, 1.165) is 30.5 Å². The Morgan fingerprint density at radius 3 is 2.67 bits per heavy atom. The second kappa shape index (κ2) is 8.83. The molecule has 2 rings (SSSR count). The Bertz CT molecular complexity index is 569. The lowest BCUT2D eigenvalue weighted by Crippen LogP contribution is -2.40. The van der Waals surface area contributed by atoms with Crippen molar-refractivity contribution in [2.75, 3.05) is 18.0 Å². The number of rotatable bonds is 8. The lowest BCUT2D eigenvalue weighted by atomic mass is 9.96. The van der Waals surface area contributed by atoms with Crippen LogP contribution in [0.15, 0.2) is 24.3 Å². The maximum atomic E-state index is 12.2. The predicted molar refractivity (Wildman–Crippen MR) is 94.8 cm³/mol. The average molecular weight is 332 g/mol. The smallest absolute Gasteiger partial charge is 0.227 e. The summed E-state index contributed by atoms with van der Waals surface area (Å²) in [6.07, 6.45) is 2.78. The number of nitrogens with zero attached hydrogens (tertiary/aromatic N) is 1. The fourth-order valence-corrected chi connectivity index (χ4v) is 3.26. The number of aliphatic hydroxyl groups excluding tert-OH is 1. The zero-order valence-electron chi connectivity index (χ0n) is 14.6. The van der Waals surface area contributed by atoms with Crippen LogP contribution in [-0.4, -0.2) is 36.1 Å². The summed E-state index contributed by atoms with van der Waals surface area (Å²) in [5, 5.41) is 12.9. The summed E-state index contributed by atoms with van der Waals surface area (Å²) in [7, 11) is 0. The van der Waals surface area contributed by atoms with E-state index in [0.29, 0.717) is 13.0 Å². The van der Waals surface area contributed by atoms with Crippen LogP contribution in [0.25, 0.3) is 0 Å². The topological polar surface area (TPSA) is 69.6 Å². The average Bonchev–Trinajstić information content (AvgIpc) is 2.60. The van der Waals surface area contributed by atoms with Crippen LogP contribution in [0.5, 0.6) is 0 Å². The first kappa shape index (κ1) is 18.5. The van der Waals surface area contributed by atoms with Crippen LogP contribution in [0, 0.1) is 5.92 Å². The molecule has 1 aliphatic rings. The number of aliphatic hydroxyl groups is 1. The van der Waals surface area contributed by atoms with Gasteiger partial charge in [0.25, 0.3) is 0 Å². The fraction of sp³-hybridized carbons (Fsp3) is 0.579. The van der Waals surface area contributed by atoms with Crippen molar-refractivity contribution >= 4 is 17.5 Å². The summed E-state index contributed by atoms with van der Waals surface area (Å²) in [5.41, 5.74) is 2.07. The van der Waals surface area contributed by atoms with E-state index in [1.54, 1.807) is 4.90 Å². The zero-order valence-corrected chi connectivity index (χ0v) is 14.6. The first-order chi connectivity index (χ1) is 11.6. The molecule has 0 radical (unpaired) electrons. The molecule has 0 saturated carbocycles. The van der Waals surface area contributed by atoms with Gasteiger partial charge in [0.05, 0.1) is 6.10 Å². The minimum atomic E-state index is -0.513. The van der Waals surface area contributed by atoms with Crippen LogP contribution in [0.1, 0.15) is 45.1 Å². The second-order valence-electron chi connectivity index (χ2n) is 6.37. The standard InChI is InChI=1S/C19H28N2O3/c1-3-14(4-2)17(22)13-20-18(23)11-12-21-16-8-6-5-7-15(16)9-10-19(21)24/h5-8,14,17,22H,3-4,9-13H2,1-2H3,(H,20,23). The number of nitrogens with one attached hydrogen (secondary N) is 1. The number of anilines is 1. The van der Waals surface area contributed by atoms with E-state index in [9.17, 15) is 14.7 Å². The number of fused-ring (bicyclic) bond motifs is 1. The molecule has 24 heavy (non-hydrogen) atoms. The third-order valence-electron chi connectivity index (χ3n) is 4.86. The molecule has 1 unspecified atom stereocenters. The van der Waals surface area contributed by atoms with Crippen molar-refractivity contribution in [2.45, 2.75) is 52.1 Å². The number of hydrogen-bond donors (Lipinski definition) is 2. The van der Waals surface area contributed by atoms with Crippen LogP contribution in [0.2, 0.25) is 0 Å². The molecule has 1 aromatic rings. The molecule has 5 nitrogen and oxygen atoms in total. The van der Waals surface area contributed by atoms with Crippen molar-refractivity contribution in [1.82, 2.24) is 5.32 Å². The minimum absolute atomic E-state index is 0.0681. The lowest BCUT2D eigenvalue weighted by molar-refractivity contribution is -0.121. The van der Waals surface area contributed by atoms with Gasteiger partial charge >= 0.3 is 0 Å². The van der Waals surface area contributed by atoms with Crippen molar-refractivity contribution in [3.05, 3.63) is 29.8 Å². The van der Waals surface area contributed by atoms with Gasteiger partial charge in [-0.1, -0.05) is 44.9 Å². The van der Waals surface area contributed by atoms with Gasteiger partial charge in [0.1, 0.15) is 0 Å². The summed E-state index contributed by atoms with van der Waals surface area (Å²) in [5.74, 6) is 0.148. The molecule has 5 heteroatoms. The maximum Gasteiger partial charge on any atom is 0.227 e. The Labute approximate surface area is 144 Å².